The first-order valence-corrected chi connectivity index (χ1v) is 9.44. The van der Waals surface area contributed by atoms with Gasteiger partial charge in [-0.3, -0.25) is 4.79 Å². The van der Waals surface area contributed by atoms with Crippen molar-refractivity contribution in [3.63, 3.8) is 0 Å². The molecule has 1 aliphatic carbocycles. The maximum Gasteiger partial charge on any atom is 0.319 e. The van der Waals surface area contributed by atoms with E-state index in [9.17, 15) is 4.79 Å². The van der Waals surface area contributed by atoms with Gasteiger partial charge in [0.25, 0.3) is 0 Å². The van der Waals surface area contributed by atoms with E-state index in [0.717, 1.165) is 35.0 Å². The molecule has 1 fully saturated rings. The summed E-state index contributed by atoms with van der Waals surface area (Å²) in [5.74, 6) is 0.636. The van der Waals surface area contributed by atoms with Crippen LogP contribution in [0, 0.1) is 5.92 Å². The zero-order valence-electron chi connectivity index (χ0n) is 12.7. The van der Waals surface area contributed by atoms with Crippen molar-refractivity contribution in [2.75, 3.05) is 0 Å². The molecule has 116 valence electrons. The van der Waals surface area contributed by atoms with Crippen LogP contribution in [0.15, 0.2) is 11.4 Å². The predicted molar refractivity (Wildman–Crippen MR) is 88.4 cm³/mol. The molecule has 0 spiro atoms. The largest absolute Gasteiger partial charge is 0.462 e. The number of rotatable bonds is 2. The van der Waals surface area contributed by atoms with E-state index >= 15 is 0 Å². The van der Waals surface area contributed by atoms with Crippen LogP contribution >= 0.6 is 23.1 Å². The average molecular weight is 334 g/mol. The summed E-state index contributed by atoms with van der Waals surface area (Å²) in [7, 11) is 0. The van der Waals surface area contributed by atoms with E-state index < -0.39 is 0 Å². The molecule has 0 unspecified atom stereocenters. The number of carbonyl (C=O) groups is 1. The zero-order valence-corrected chi connectivity index (χ0v) is 14.3. The SMILES string of the molecule is C[C@@H]1CCc2c(sc3ncnc(S[C@@H]4C[C@@H](C)OC4=O)c23)C1. The van der Waals surface area contributed by atoms with Crippen molar-refractivity contribution in [3.8, 4) is 0 Å². The number of esters is 1. The van der Waals surface area contributed by atoms with Gasteiger partial charge < -0.3 is 4.74 Å². The normalized spacial score (nSPS) is 27.9. The minimum atomic E-state index is -0.133. The van der Waals surface area contributed by atoms with Gasteiger partial charge in [-0.2, -0.15) is 0 Å². The number of hydrogen-bond donors (Lipinski definition) is 0. The second-order valence-corrected chi connectivity index (χ2v) is 8.58. The Morgan fingerprint density at radius 3 is 3.00 bits per heavy atom. The van der Waals surface area contributed by atoms with Crippen LogP contribution in [0.5, 0.6) is 0 Å². The first-order chi connectivity index (χ1) is 10.6. The highest BCUT2D eigenvalue weighted by Gasteiger charge is 2.34. The molecule has 1 saturated heterocycles. The van der Waals surface area contributed by atoms with Crippen molar-refractivity contribution < 1.29 is 9.53 Å². The molecule has 2 aromatic rings. The van der Waals surface area contributed by atoms with Crippen molar-refractivity contribution in [1.82, 2.24) is 9.97 Å². The summed E-state index contributed by atoms with van der Waals surface area (Å²) >= 11 is 3.35. The smallest absolute Gasteiger partial charge is 0.319 e. The van der Waals surface area contributed by atoms with Gasteiger partial charge in [-0.05, 0) is 37.7 Å². The van der Waals surface area contributed by atoms with Crippen molar-refractivity contribution in [1.29, 1.82) is 0 Å². The van der Waals surface area contributed by atoms with Crippen molar-refractivity contribution >= 4 is 39.3 Å². The van der Waals surface area contributed by atoms with Gasteiger partial charge in [0, 0.05) is 16.7 Å². The van der Waals surface area contributed by atoms with Crippen molar-refractivity contribution in [2.45, 2.75) is 55.9 Å². The molecule has 2 aromatic heterocycles. The molecular formula is C16H18N2O2S2. The summed E-state index contributed by atoms with van der Waals surface area (Å²) in [4.78, 5) is 23.4. The molecule has 3 atom stereocenters. The average Bonchev–Trinajstić information content (AvgIpc) is 2.98. The molecule has 22 heavy (non-hydrogen) atoms. The molecule has 0 saturated carbocycles. The third kappa shape index (κ3) is 2.42. The predicted octanol–water partition coefficient (Wildman–Crippen LogP) is 3.61. The Hall–Kier alpha value is -1.14. The number of aryl methyl sites for hydroxylation is 1. The lowest BCUT2D eigenvalue weighted by molar-refractivity contribution is -0.140. The molecule has 0 amide bonds. The van der Waals surface area contributed by atoms with Gasteiger partial charge in [0.15, 0.2) is 0 Å². The molecule has 1 aliphatic heterocycles. The number of hydrogen-bond acceptors (Lipinski definition) is 6. The Kier molecular flexibility index (Phi) is 3.61. The number of carbonyl (C=O) groups excluding carboxylic acids is 1. The highest BCUT2D eigenvalue weighted by atomic mass is 32.2. The van der Waals surface area contributed by atoms with Crippen LogP contribution in [0.3, 0.4) is 0 Å². The molecule has 0 radical (unpaired) electrons. The summed E-state index contributed by atoms with van der Waals surface area (Å²) in [5, 5.41) is 2.01. The van der Waals surface area contributed by atoms with Crippen LogP contribution in [-0.4, -0.2) is 27.3 Å². The standard InChI is InChI=1S/C16H18N2O2S2/c1-8-3-4-10-11(5-8)21-14-13(10)15(18-7-17-14)22-12-6-9(2)20-16(12)19/h7-9,12H,3-6H2,1-2H3/t8-,9-,12-/m1/s1. The third-order valence-corrected chi connectivity index (χ3v) is 6.80. The third-order valence-electron chi connectivity index (χ3n) is 4.44. The molecule has 0 N–H and O–H groups in total. The molecule has 4 rings (SSSR count). The Morgan fingerprint density at radius 1 is 1.36 bits per heavy atom. The Balaban J connectivity index is 1.73. The van der Waals surface area contributed by atoms with Crippen LogP contribution in [0.25, 0.3) is 10.2 Å². The number of aromatic nitrogens is 2. The quantitative estimate of drug-likeness (QED) is 0.620. The van der Waals surface area contributed by atoms with E-state index in [-0.39, 0.29) is 17.3 Å². The van der Waals surface area contributed by atoms with Gasteiger partial charge in [-0.1, -0.05) is 18.7 Å². The minimum Gasteiger partial charge on any atom is -0.462 e. The van der Waals surface area contributed by atoms with E-state index in [1.165, 1.54) is 22.2 Å². The Bertz CT molecular complexity index is 743. The van der Waals surface area contributed by atoms with Crippen LogP contribution < -0.4 is 0 Å². The fourth-order valence-electron chi connectivity index (χ4n) is 3.29. The highest BCUT2D eigenvalue weighted by Crippen LogP contribution is 2.42. The van der Waals surface area contributed by atoms with Crippen molar-refractivity contribution in [2.24, 2.45) is 5.92 Å². The summed E-state index contributed by atoms with van der Waals surface area (Å²) in [6.45, 7) is 4.26. The van der Waals surface area contributed by atoms with Crippen LogP contribution in [0.2, 0.25) is 0 Å². The molecule has 0 bridgehead atoms. The lowest BCUT2D eigenvalue weighted by Gasteiger charge is -2.18. The maximum atomic E-state index is 11.9. The van der Waals surface area contributed by atoms with Gasteiger partial charge in [0.05, 0.1) is 0 Å². The topological polar surface area (TPSA) is 52.1 Å². The fraction of sp³-hybridized carbons (Fsp3) is 0.562. The summed E-state index contributed by atoms with van der Waals surface area (Å²) < 4.78 is 5.27. The molecular weight excluding hydrogens is 316 g/mol. The van der Waals surface area contributed by atoms with Gasteiger partial charge in [-0.25, -0.2) is 9.97 Å². The summed E-state index contributed by atoms with van der Waals surface area (Å²) in [6.07, 6.45) is 5.87. The molecule has 3 heterocycles. The number of fused-ring (bicyclic) bond motifs is 3. The molecule has 0 aromatic carbocycles. The van der Waals surface area contributed by atoms with Crippen molar-refractivity contribution in [3.05, 3.63) is 16.8 Å². The number of ether oxygens (including phenoxy) is 1. The maximum absolute atomic E-state index is 11.9. The second-order valence-electron chi connectivity index (χ2n) is 6.30. The van der Waals surface area contributed by atoms with E-state index in [2.05, 4.69) is 16.9 Å². The minimum absolute atomic E-state index is 0.0135. The zero-order chi connectivity index (χ0) is 15.3. The van der Waals surface area contributed by atoms with E-state index in [1.54, 1.807) is 29.4 Å². The Labute approximate surface area is 137 Å². The van der Waals surface area contributed by atoms with E-state index in [4.69, 9.17) is 4.74 Å². The molecule has 2 aliphatic rings. The molecule has 4 nitrogen and oxygen atoms in total. The summed E-state index contributed by atoms with van der Waals surface area (Å²) in [5.41, 5.74) is 1.42. The highest BCUT2D eigenvalue weighted by molar-refractivity contribution is 8.00. The monoisotopic (exact) mass is 334 g/mol. The van der Waals surface area contributed by atoms with Gasteiger partial charge in [0.2, 0.25) is 0 Å². The first-order valence-electron chi connectivity index (χ1n) is 7.74. The number of cyclic esters (lactones) is 1. The van der Waals surface area contributed by atoms with Gasteiger partial charge in [0.1, 0.15) is 27.5 Å². The second kappa shape index (κ2) is 5.49. The van der Waals surface area contributed by atoms with Gasteiger partial charge >= 0.3 is 5.97 Å². The Morgan fingerprint density at radius 2 is 2.23 bits per heavy atom. The number of thiophene rings is 1. The van der Waals surface area contributed by atoms with E-state index in [1.807, 2.05) is 6.92 Å². The molecule has 6 heteroatoms. The van der Waals surface area contributed by atoms with Crippen LogP contribution in [0.4, 0.5) is 0 Å². The van der Waals surface area contributed by atoms with Crippen LogP contribution in [0.1, 0.15) is 37.1 Å². The van der Waals surface area contributed by atoms with Crippen LogP contribution in [-0.2, 0) is 22.4 Å². The fourth-order valence-corrected chi connectivity index (χ4v) is 5.94. The number of thioether (sulfide) groups is 1. The lowest BCUT2D eigenvalue weighted by Crippen LogP contribution is -2.11. The lowest BCUT2D eigenvalue weighted by atomic mass is 9.89. The summed E-state index contributed by atoms with van der Waals surface area (Å²) in [6, 6.07) is 0. The first kappa shape index (κ1) is 14.5. The number of nitrogens with zero attached hydrogens (tertiary/aromatic N) is 2. The van der Waals surface area contributed by atoms with Gasteiger partial charge in [-0.15, -0.1) is 11.3 Å². The van der Waals surface area contributed by atoms with E-state index in [0.29, 0.717) is 0 Å².